The normalized spacial score (nSPS) is 30.2. The molecule has 1 fully saturated rings. The molecule has 1 aliphatic heterocycles. The highest BCUT2D eigenvalue weighted by molar-refractivity contribution is 9.10. The highest BCUT2D eigenvalue weighted by atomic mass is 79.9. The van der Waals surface area contributed by atoms with Crippen molar-refractivity contribution in [3.63, 3.8) is 0 Å². The van der Waals surface area contributed by atoms with E-state index in [2.05, 4.69) is 31.0 Å². The summed E-state index contributed by atoms with van der Waals surface area (Å²) in [6, 6.07) is 0. The highest BCUT2D eigenvalue weighted by Crippen LogP contribution is 2.34. The van der Waals surface area contributed by atoms with Gasteiger partial charge in [-0.2, -0.15) is 5.10 Å². The maximum Gasteiger partial charge on any atom is 0.181 e. The Morgan fingerprint density at radius 1 is 1.35 bits per heavy atom. The van der Waals surface area contributed by atoms with Gasteiger partial charge >= 0.3 is 0 Å². The summed E-state index contributed by atoms with van der Waals surface area (Å²) in [7, 11) is 0. The lowest BCUT2D eigenvalue weighted by Crippen LogP contribution is -2.35. The van der Waals surface area contributed by atoms with Crippen LogP contribution in [0.5, 0.6) is 0 Å². The third-order valence-electron chi connectivity index (χ3n) is 3.29. The SMILES string of the molecule is NC[C@H]1O[C@@H](n2nc(Br)c3c(N)ncnc32)[C@H](O)[C@@H]1O. The van der Waals surface area contributed by atoms with Crippen molar-refractivity contribution in [3.8, 4) is 0 Å². The molecule has 0 radical (unpaired) electrons. The molecular weight excluding hydrogens is 332 g/mol. The van der Waals surface area contributed by atoms with E-state index in [-0.39, 0.29) is 12.4 Å². The van der Waals surface area contributed by atoms with Gasteiger partial charge in [0.05, 0.1) is 5.39 Å². The maximum atomic E-state index is 10.1. The molecule has 0 spiro atoms. The summed E-state index contributed by atoms with van der Waals surface area (Å²) in [6.45, 7) is 0.0895. The van der Waals surface area contributed by atoms with E-state index in [4.69, 9.17) is 16.2 Å². The fraction of sp³-hybridized carbons (Fsp3) is 0.500. The molecule has 3 rings (SSSR count). The van der Waals surface area contributed by atoms with E-state index < -0.39 is 24.5 Å². The topological polar surface area (TPSA) is 145 Å². The minimum Gasteiger partial charge on any atom is -0.387 e. The van der Waals surface area contributed by atoms with Crippen LogP contribution in [0.3, 0.4) is 0 Å². The molecule has 4 atom stereocenters. The van der Waals surface area contributed by atoms with E-state index in [1.807, 2.05) is 0 Å². The van der Waals surface area contributed by atoms with E-state index in [1.54, 1.807) is 0 Å². The van der Waals surface area contributed by atoms with Crippen molar-refractivity contribution in [2.75, 3.05) is 12.3 Å². The molecule has 2 aromatic heterocycles. The van der Waals surface area contributed by atoms with Crippen LogP contribution < -0.4 is 11.5 Å². The Bertz CT molecular complexity index is 649. The molecule has 1 saturated heterocycles. The summed E-state index contributed by atoms with van der Waals surface area (Å²) >= 11 is 3.27. The van der Waals surface area contributed by atoms with Gasteiger partial charge in [0, 0.05) is 6.54 Å². The van der Waals surface area contributed by atoms with Crippen LogP contribution in [-0.2, 0) is 4.74 Å². The first-order valence-corrected chi connectivity index (χ1v) is 6.69. The number of nitrogens with zero attached hydrogens (tertiary/aromatic N) is 4. The van der Waals surface area contributed by atoms with Gasteiger partial charge in [-0.1, -0.05) is 0 Å². The summed E-state index contributed by atoms with van der Waals surface area (Å²) < 4.78 is 7.34. The zero-order chi connectivity index (χ0) is 14.4. The lowest BCUT2D eigenvalue weighted by atomic mass is 10.1. The molecular formula is C10H13BrN6O3. The first-order valence-electron chi connectivity index (χ1n) is 5.90. The van der Waals surface area contributed by atoms with Crippen molar-refractivity contribution in [2.24, 2.45) is 5.73 Å². The average molecular weight is 345 g/mol. The van der Waals surface area contributed by atoms with Gasteiger partial charge in [0.1, 0.15) is 35.1 Å². The van der Waals surface area contributed by atoms with Crippen LogP contribution in [0, 0.1) is 0 Å². The van der Waals surface area contributed by atoms with Crippen molar-refractivity contribution in [2.45, 2.75) is 24.5 Å². The number of nitrogens with two attached hydrogens (primary N) is 2. The number of fused-ring (bicyclic) bond motifs is 1. The number of halogens is 1. The van der Waals surface area contributed by atoms with Crippen molar-refractivity contribution in [1.29, 1.82) is 0 Å². The van der Waals surface area contributed by atoms with Gasteiger partial charge in [-0.3, -0.25) is 0 Å². The molecule has 10 heteroatoms. The molecule has 0 amide bonds. The van der Waals surface area contributed by atoms with Crippen LogP contribution in [0.15, 0.2) is 10.9 Å². The Labute approximate surface area is 121 Å². The number of hydrogen-bond acceptors (Lipinski definition) is 8. The van der Waals surface area contributed by atoms with Crippen molar-refractivity contribution >= 4 is 32.8 Å². The Morgan fingerprint density at radius 3 is 2.75 bits per heavy atom. The lowest BCUT2D eigenvalue weighted by Gasteiger charge is -2.15. The van der Waals surface area contributed by atoms with Gasteiger partial charge in [-0.25, -0.2) is 14.6 Å². The molecule has 6 N–H and O–H groups in total. The zero-order valence-electron chi connectivity index (χ0n) is 10.2. The molecule has 0 unspecified atom stereocenters. The van der Waals surface area contributed by atoms with Crippen molar-refractivity contribution in [3.05, 3.63) is 10.9 Å². The van der Waals surface area contributed by atoms with Crippen LogP contribution in [-0.4, -0.2) is 54.8 Å². The molecule has 0 saturated carbocycles. The highest BCUT2D eigenvalue weighted by Gasteiger charge is 2.44. The molecule has 0 aromatic carbocycles. The van der Waals surface area contributed by atoms with Gasteiger partial charge < -0.3 is 26.4 Å². The van der Waals surface area contributed by atoms with Crippen molar-refractivity contribution in [1.82, 2.24) is 19.7 Å². The van der Waals surface area contributed by atoms with E-state index >= 15 is 0 Å². The van der Waals surface area contributed by atoms with Gasteiger partial charge in [-0.05, 0) is 15.9 Å². The minimum atomic E-state index is -1.16. The van der Waals surface area contributed by atoms with Crippen LogP contribution in [0.25, 0.3) is 11.0 Å². The second-order valence-corrected chi connectivity index (χ2v) is 5.23. The van der Waals surface area contributed by atoms with Gasteiger partial charge in [0.2, 0.25) is 0 Å². The smallest absolute Gasteiger partial charge is 0.181 e. The molecule has 108 valence electrons. The Balaban J connectivity index is 2.10. The number of aromatic nitrogens is 4. The third-order valence-corrected chi connectivity index (χ3v) is 3.84. The van der Waals surface area contributed by atoms with Gasteiger partial charge in [-0.15, -0.1) is 0 Å². The summed E-state index contributed by atoms with van der Waals surface area (Å²) in [5.41, 5.74) is 11.7. The van der Waals surface area contributed by atoms with Gasteiger partial charge in [0.25, 0.3) is 0 Å². The number of hydrogen-bond donors (Lipinski definition) is 4. The predicted molar refractivity (Wildman–Crippen MR) is 72.4 cm³/mol. The molecule has 20 heavy (non-hydrogen) atoms. The predicted octanol–water partition coefficient (Wildman–Crippen LogP) is -1.25. The monoisotopic (exact) mass is 344 g/mol. The summed E-state index contributed by atoms with van der Waals surface area (Å²) in [4.78, 5) is 7.98. The molecule has 9 nitrogen and oxygen atoms in total. The number of ether oxygens (including phenoxy) is 1. The first kappa shape index (κ1) is 13.6. The number of rotatable bonds is 2. The largest absolute Gasteiger partial charge is 0.387 e. The Morgan fingerprint density at radius 2 is 2.10 bits per heavy atom. The maximum absolute atomic E-state index is 10.1. The Hall–Kier alpha value is -1.33. The molecule has 2 aromatic rings. The standard InChI is InChI=1S/C10H13BrN6O3/c11-7-4-8(13)14-2-15-9(4)17(16-7)10-6(19)5(18)3(1-12)20-10/h2-3,5-6,10,18-19H,1,12H2,(H2,13,14,15)/t3-,5-,6-,10-/m1/s1. The molecule has 0 bridgehead atoms. The van der Waals surface area contributed by atoms with E-state index in [0.717, 1.165) is 0 Å². The second-order valence-electron chi connectivity index (χ2n) is 4.47. The van der Waals surface area contributed by atoms with E-state index in [1.165, 1.54) is 11.0 Å². The second kappa shape index (κ2) is 4.90. The third kappa shape index (κ3) is 1.88. The Kier molecular flexibility index (Phi) is 3.34. The van der Waals surface area contributed by atoms with Crippen LogP contribution in [0.2, 0.25) is 0 Å². The molecule has 0 aliphatic carbocycles. The fourth-order valence-corrected chi connectivity index (χ4v) is 2.81. The lowest BCUT2D eigenvalue weighted by molar-refractivity contribution is -0.0395. The molecule has 1 aliphatic rings. The van der Waals surface area contributed by atoms with E-state index in [0.29, 0.717) is 15.6 Å². The number of nitrogen functional groups attached to an aromatic ring is 1. The zero-order valence-corrected chi connectivity index (χ0v) is 11.8. The quantitative estimate of drug-likeness (QED) is 0.528. The number of aliphatic hydroxyl groups is 2. The van der Waals surface area contributed by atoms with E-state index in [9.17, 15) is 10.2 Å². The molecule has 3 heterocycles. The number of anilines is 1. The van der Waals surface area contributed by atoms with Crippen LogP contribution in [0.4, 0.5) is 5.82 Å². The minimum absolute atomic E-state index is 0.0895. The number of aliphatic hydroxyl groups excluding tert-OH is 2. The van der Waals surface area contributed by atoms with Crippen LogP contribution >= 0.6 is 15.9 Å². The summed E-state index contributed by atoms with van der Waals surface area (Å²) in [6.07, 6.45) is -2.49. The average Bonchev–Trinajstić information content (AvgIpc) is 2.90. The fourth-order valence-electron chi connectivity index (χ4n) is 2.26. The van der Waals surface area contributed by atoms with Crippen LogP contribution in [0.1, 0.15) is 6.23 Å². The summed E-state index contributed by atoms with van der Waals surface area (Å²) in [5.74, 6) is 0.261. The van der Waals surface area contributed by atoms with Crippen molar-refractivity contribution < 1.29 is 14.9 Å². The van der Waals surface area contributed by atoms with Gasteiger partial charge in [0.15, 0.2) is 11.9 Å². The summed E-state index contributed by atoms with van der Waals surface area (Å²) in [5, 5.41) is 24.6. The first-order chi connectivity index (χ1) is 9.54.